The minimum absolute atomic E-state index is 0.0629. The van der Waals surface area contributed by atoms with Gasteiger partial charge in [0.05, 0.1) is 35.3 Å². The summed E-state index contributed by atoms with van der Waals surface area (Å²) in [6, 6.07) is 2.63. The van der Waals surface area contributed by atoms with Gasteiger partial charge in [0.1, 0.15) is 0 Å². The highest BCUT2D eigenvalue weighted by atomic mass is 79.9. The molecule has 156 valence electrons. The van der Waals surface area contributed by atoms with Crippen LogP contribution >= 0.6 is 15.9 Å². The number of methoxy groups -OCH3 is 1. The molecule has 1 amide bonds. The third-order valence-corrected chi connectivity index (χ3v) is 6.73. The minimum Gasteiger partial charge on any atom is -0.493 e. The summed E-state index contributed by atoms with van der Waals surface area (Å²) in [7, 11) is -0.127. The van der Waals surface area contributed by atoms with Gasteiger partial charge in [-0.25, -0.2) is 13.2 Å². The zero-order chi connectivity index (χ0) is 20.9. The van der Waals surface area contributed by atoms with Gasteiger partial charge in [0.15, 0.2) is 27.9 Å². The van der Waals surface area contributed by atoms with Crippen LogP contribution in [-0.2, 0) is 19.4 Å². The summed E-state index contributed by atoms with van der Waals surface area (Å²) in [5.41, 5.74) is 0.200. The number of hydrogen-bond donors (Lipinski definition) is 0. The van der Waals surface area contributed by atoms with Gasteiger partial charge in [0, 0.05) is 13.1 Å². The lowest BCUT2D eigenvalue weighted by Gasteiger charge is -2.23. The molecule has 0 bridgehead atoms. The summed E-state index contributed by atoms with van der Waals surface area (Å²) >= 11 is 3.35. The summed E-state index contributed by atoms with van der Waals surface area (Å²) in [5, 5.41) is 0. The Bertz CT molecular complexity index is 841. The van der Waals surface area contributed by atoms with Crippen LogP contribution in [0.5, 0.6) is 11.5 Å². The maximum absolute atomic E-state index is 12.3. The number of benzene rings is 1. The SMILES string of the molecule is CCCOc1c(Br)cc(C(=O)OCC(=O)N(C)C2CCS(=O)(=O)C2)cc1OC. The molecule has 1 aliphatic heterocycles. The second kappa shape index (κ2) is 9.60. The molecule has 8 nitrogen and oxygen atoms in total. The predicted molar refractivity (Wildman–Crippen MR) is 107 cm³/mol. The summed E-state index contributed by atoms with van der Waals surface area (Å²) in [6.45, 7) is 2.00. The van der Waals surface area contributed by atoms with Gasteiger partial charge in [-0.1, -0.05) is 6.92 Å². The van der Waals surface area contributed by atoms with E-state index in [-0.39, 0.29) is 23.1 Å². The lowest BCUT2D eigenvalue weighted by Crippen LogP contribution is -2.40. The van der Waals surface area contributed by atoms with Crippen LogP contribution < -0.4 is 9.47 Å². The van der Waals surface area contributed by atoms with E-state index in [4.69, 9.17) is 14.2 Å². The lowest BCUT2D eigenvalue weighted by molar-refractivity contribution is -0.134. The first-order valence-electron chi connectivity index (χ1n) is 8.82. The minimum atomic E-state index is -3.10. The van der Waals surface area contributed by atoms with Crippen molar-refractivity contribution in [2.75, 3.05) is 38.9 Å². The van der Waals surface area contributed by atoms with Gasteiger partial charge in [-0.3, -0.25) is 4.79 Å². The van der Waals surface area contributed by atoms with Gasteiger partial charge in [-0.05, 0) is 40.9 Å². The molecule has 1 fully saturated rings. The van der Waals surface area contributed by atoms with E-state index in [2.05, 4.69) is 15.9 Å². The first kappa shape index (κ1) is 22.5. The summed E-state index contributed by atoms with van der Waals surface area (Å²) < 4.78 is 39.6. The lowest BCUT2D eigenvalue weighted by atomic mass is 10.2. The molecular weight excluding hydrogens is 454 g/mol. The van der Waals surface area contributed by atoms with E-state index in [0.29, 0.717) is 29.0 Å². The molecule has 2 rings (SSSR count). The third kappa shape index (κ3) is 5.60. The average Bonchev–Trinajstić information content (AvgIpc) is 3.03. The molecule has 1 aromatic rings. The zero-order valence-electron chi connectivity index (χ0n) is 16.1. The maximum Gasteiger partial charge on any atom is 0.338 e. The Balaban J connectivity index is 2.00. The molecule has 0 radical (unpaired) electrons. The largest absolute Gasteiger partial charge is 0.493 e. The van der Waals surface area contributed by atoms with E-state index < -0.39 is 28.3 Å². The van der Waals surface area contributed by atoms with Crippen molar-refractivity contribution in [3.8, 4) is 11.5 Å². The van der Waals surface area contributed by atoms with Crippen molar-refractivity contribution in [2.45, 2.75) is 25.8 Å². The maximum atomic E-state index is 12.3. The Morgan fingerprint density at radius 1 is 1.32 bits per heavy atom. The molecule has 0 aromatic heterocycles. The quantitative estimate of drug-likeness (QED) is 0.528. The molecule has 1 atom stereocenters. The fourth-order valence-corrected chi connectivity index (χ4v) is 5.11. The van der Waals surface area contributed by atoms with Gasteiger partial charge in [0.25, 0.3) is 5.91 Å². The molecule has 1 saturated heterocycles. The molecule has 10 heteroatoms. The van der Waals surface area contributed by atoms with Crippen molar-refractivity contribution in [1.82, 2.24) is 4.90 Å². The Morgan fingerprint density at radius 2 is 2.04 bits per heavy atom. The molecule has 1 heterocycles. The summed E-state index contributed by atoms with van der Waals surface area (Å²) in [4.78, 5) is 25.9. The highest BCUT2D eigenvalue weighted by Gasteiger charge is 2.33. The summed E-state index contributed by atoms with van der Waals surface area (Å²) in [5.74, 6) is -0.290. The number of halogens is 1. The Morgan fingerprint density at radius 3 is 2.61 bits per heavy atom. The number of hydrogen-bond acceptors (Lipinski definition) is 7. The molecule has 0 aliphatic carbocycles. The van der Waals surface area contributed by atoms with E-state index in [1.54, 1.807) is 0 Å². The summed E-state index contributed by atoms with van der Waals surface area (Å²) in [6.07, 6.45) is 1.21. The van der Waals surface area contributed by atoms with Crippen LogP contribution in [0.15, 0.2) is 16.6 Å². The number of ether oxygens (including phenoxy) is 3. The molecular formula is C18H24BrNO7S. The fraction of sp³-hybridized carbons (Fsp3) is 0.556. The van der Waals surface area contributed by atoms with E-state index >= 15 is 0 Å². The van der Waals surface area contributed by atoms with Crippen molar-refractivity contribution in [3.63, 3.8) is 0 Å². The van der Waals surface area contributed by atoms with E-state index in [1.807, 2.05) is 6.92 Å². The van der Waals surface area contributed by atoms with Crippen LogP contribution in [0.3, 0.4) is 0 Å². The first-order valence-corrected chi connectivity index (χ1v) is 11.4. The smallest absolute Gasteiger partial charge is 0.338 e. The van der Waals surface area contributed by atoms with Crippen molar-refractivity contribution in [1.29, 1.82) is 0 Å². The van der Waals surface area contributed by atoms with Crippen molar-refractivity contribution >= 4 is 37.6 Å². The molecule has 28 heavy (non-hydrogen) atoms. The van der Waals surface area contributed by atoms with Crippen LogP contribution in [0.25, 0.3) is 0 Å². The number of amides is 1. The standard InChI is InChI=1S/C18H24BrNO7S/c1-4-6-26-17-14(19)8-12(9-15(17)25-3)18(22)27-10-16(21)20(2)13-5-7-28(23,24)11-13/h8-9,13H,4-7,10-11H2,1-3H3. The zero-order valence-corrected chi connectivity index (χ0v) is 18.5. The van der Waals surface area contributed by atoms with E-state index in [0.717, 1.165) is 6.42 Å². The van der Waals surface area contributed by atoms with Crippen molar-refractivity contribution < 1.29 is 32.2 Å². The fourth-order valence-electron chi connectivity index (χ4n) is 2.78. The Kier molecular flexibility index (Phi) is 7.70. The molecule has 1 aromatic carbocycles. The number of nitrogens with zero attached hydrogens (tertiary/aromatic N) is 1. The Labute approximate surface area is 173 Å². The van der Waals surface area contributed by atoms with E-state index in [9.17, 15) is 18.0 Å². The second-order valence-electron chi connectivity index (χ2n) is 6.48. The van der Waals surface area contributed by atoms with Crippen LogP contribution in [0, 0.1) is 0 Å². The van der Waals surface area contributed by atoms with E-state index in [1.165, 1.54) is 31.2 Å². The number of carbonyl (C=O) groups excluding carboxylic acids is 2. The molecule has 1 aliphatic rings. The number of esters is 1. The van der Waals surface area contributed by atoms with Crippen LogP contribution in [0.2, 0.25) is 0 Å². The second-order valence-corrected chi connectivity index (χ2v) is 9.56. The third-order valence-electron chi connectivity index (χ3n) is 4.39. The number of likely N-dealkylation sites (N-methyl/N-ethyl adjacent to an activating group) is 1. The van der Waals surface area contributed by atoms with Gasteiger partial charge in [-0.2, -0.15) is 0 Å². The Hall–Kier alpha value is -1.81. The molecule has 1 unspecified atom stereocenters. The molecule has 0 N–H and O–H groups in total. The van der Waals surface area contributed by atoms with Crippen molar-refractivity contribution in [2.24, 2.45) is 0 Å². The van der Waals surface area contributed by atoms with Crippen LogP contribution in [0.1, 0.15) is 30.1 Å². The number of carbonyl (C=O) groups is 2. The molecule has 0 spiro atoms. The van der Waals surface area contributed by atoms with Crippen molar-refractivity contribution in [3.05, 3.63) is 22.2 Å². The average molecular weight is 478 g/mol. The topological polar surface area (TPSA) is 99.2 Å². The number of rotatable bonds is 8. The van der Waals surface area contributed by atoms with Gasteiger partial charge in [0.2, 0.25) is 0 Å². The van der Waals surface area contributed by atoms with Crippen LogP contribution in [0.4, 0.5) is 0 Å². The highest BCUT2D eigenvalue weighted by Crippen LogP contribution is 2.37. The predicted octanol–water partition coefficient (Wildman–Crippen LogP) is 2.05. The van der Waals surface area contributed by atoms with Gasteiger partial charge < -0.3 is 19.1 Å². The van der Waals surface area contributed by atoms with Crippen LogP contribution in [-0.4, -0.2) is 70.1 Å². The molecule has 0 saturated carbocycles. The first-order chi connectivity index (χ1) is 13.2. The van der Waals surface area contributed by atoms with Gasteiger partial charge in [-0.15, -0.1) is 0 Å². The number of sulfone groups is 1. The monoisotopic (exact) mass is 477 g/mol. The highest BCUT2D eigenvalue weighted by molar-refractivity contribution is 9.10. The van der Waals surface area contributed by atoms with Gasteiger partial charge >= 0.3 is 5.97 Å². The normalized spacial score (nSPS) is 17.8.